The van der Waals surface area contributed by atoms with Crippen LogP contribution >= 0.6 is 35.2 Å². The van der Waals surface area contributed by atoms with Crippen LogP contribution in [-0.2, 0) is 50.7 Å². The van der Waals surface area contributed by atoms with Crippen LogP contribution in [0, 0.1) is 5.41 Å². The molecule has 24 nitrogen and oxygen atoms in total. The van der Waals surface area contributed by atoms with Crippen molar-refractivity contribution in [3.8, 4) is 0 Å². The molecule has 1 aliphatic heterocycles. The molecule has 2 aromatic heterocycles. The fraction of sp³-hybridized carbons (Fsp3) is 0.742. The van der Waals surface area contributed by atoms with E-state index in [1.165, 1.54) is 39.5 Å². The molecule has 6 N–H and O–H groups in total. The number of anilines is 1. The summed E-state index contributed by atoms with van der Waals surface area (Å²) in [5.41, 5.74) is 4.08. The quantitative estimate of drug-likeness (QED) is 0.0545. The van der Waals surface area contributed by atoms with Crippen LogP contribution in [0.25, 0.3) is 11.2 Å². The second kappa shape index (κ2) is 23.1. The highest BCUT2D eigenvalue weighted by Gasteiger charge is 2.47. The van der Waals surface area contributed by atoms with Gasteiger partial charge >= 0.3 is 0 Å². The molecule has 2 amide bonds. The number of aliphatic hydroxyl groups is 2. The molecule has 7 atom stereocenters. The van der Waals surface area contributed by atoms with Crippen LogP contribution in [-0.4, -0.2) is 103 Å². The van der Waals surface area contributed by atoms with E-state index in [1.54, 1.807) is 0 Å². The number of aliphatic hydroxyl groups excluding tert-OH is 2. The van der Waals surface area contributed by atoms with E-state index >= 15 is 0 Å². The lowest BCUT2D eigenvalue weighted by Crippen LogP contribution is -2.46. The molecule has 3 heterocycles. The highest BCUT2D eigenvalue weighted by molar-refractivity contribution is 8.13. The maximum atomic E-state index is 12.6. The molecular formula is C31H50N7O17P3S-4. The predicted molar refractivity (Wildman–Crippen MR) is 201 cm³/mol. The number of amides is 2. The molecule has 3 rings (SSSR count). The third-order valence-corrected chi connectivity index (χ3v) is 12.7. The molecule has 0 saturated carbocycles. The summed E-state index contributed by atoms with van der Waals surface area (Å²) in [5.74, 6) is -1.14. The van der Waals surface area contributed by atoms with Crippen LogP contribution in [0.1, 0.15) is 84.8 Å². The number of nitrogens with two attached hydrogens (primary N) is 1. The van der Waals surface area contributed by atoms with E-state index in [1.807, 2.05) is 0 Å². The van der Waals surface area contributed by atoms with Crippen molar-refractivity contribution < 1.29 is 80.5 Å². The van der Waals surface area contributed by atoms with Crippen LogP contribution in [0.15, 0.2) is 12.7 Å². The SMILES string of the molecule is CCCCCCCCCC(=O)SCCNC(=O)CCNC(=O)[C@H](O)C(C)(C)COP(=O)([O-])OP(=O)([O-])OC[C@H]1O[C@@H](n2cnc3c(N)ncnc32)[C@H](O)[C@@H]1OP(=O)([O-])[O-]. The van der Waals surface area contributed by atoms with Gasteiger partial charge in [-0.1, -0.05) is 71.1 Å². The van der Waals surface area contributed by atoms with Crippen molar-refractivity contribution in [1.82, 2.24) is 30.2 Å². The minimum atomic E-state index is -5.91. The van der Waals surface area contributed by atoms with E-state index in [0.29, 0.717) is 12.2 Å². The zero-order valence-corrected chi connectivity index (χ0v) is 36.1. The fourth-order valence-corrected chi connectivity index (χ4v) is 9.03. The number of aromatic nitrogens is 4. The Morgan fingerprint density at radius 2 is 1.64 bits per heavy atom. The summed E-state index contributed by atoms with van der Waals surface area (Å²) in [7, 11) is -17.6. The summed E-state index contributed by atoms with van der Waals surface area (Å²) in [6, 6.07) is 0. The fourth-order valence-electron chi connectivity index (χ4n) is 5.57. The first kappa shape index (κ1) is 50.9. The molecule has 28 heteroatoms. The minimum absolute atomic E-state index is 0.0190. The molecule has 2 unspecified atom stereocenters. The maximum Gasteiger partial charge on any atom is 0.274 e. The number of carbonyl (C=O) groups is 3. The molecule has 1 saturated heterocycles. The van der Waals surface area contributed by atoms with Crippen molar-refractivity contribution in [2.45, 2.75) is 109 Å². The zero-order chi connectivity index (χ0) is 44.0. The first-order valence-electron chi connectivity index (χ1n) is 18.5. The number of unbranched alkanes of at least 4 members (excludes halogenated alkanes) is 6. The zero-order valence-electron chi connectivity index (χ0n) is 32.6. The molecule has 0 bridgehead atoms. The van der Waals surface area contributed by atoms with Gasteiger partial charge in [-0.15, -0.1) is 0 Å². The Labute approximate surface area is 344 Å². The van der Waals surface area contributed by atoms with Gasteiger partial charge in [0.2, 0.25) is 11.8 Å². The lowest BCUT2D eigenvalue weighted by atomic mass is 9.87. The smallest absolute Gasteiger partial charge is 0.274 e. The van der Waals surface area contributed by atoms with Gasteiger partial charge in [0.05, 0.1) is 27.4 Å². The van der Waals surface area contributed by atoms with E-state index in [4.69, 9.17) is 10.5 Å². The van der Waals surface area contributed by atoms with Crippen molar-refractivity contribution in [3.63, 3.8) is 0 Å². The Hall–Kier alpha value is -2.44. The molecule has 1 aliphatic rings. The normalized spacial score (nSPS) is 21.2. The number of thioether (sulfide) groups is 1. The van der Waals surface area contributed by atoms with Gasteiger partial charge in [0.15, 0.2) is 22.8 Å². The van der Waals surface area contributed by atoms with E-state index in [9.17, 15) is 57.9 Å². The third kappa shape index (κ3) is 17.1. The summed E-state index contributed by atoms with van der Waals surface area (Å²) < 4.78 is 60.6. The number of ether oxygens (including phenoxy) is 1. The highest BCUT2D eigenvalue weighted by atomic mass is 32.2. The summed E-state index contributed by atoms with van der Waals surface area (Å²) in [6.07, 6.45) is 0.623. The topological polar surface area (TPSA) is 375 Å². The van der Waals surface area contributed by atoms with E-state index in [-0.39, 0.29) is 41.6 Å². The van der Waals surface area contributed by atoms with Gasteiger partial charge in [0.25, 0.3) is 15.6 Å². The van der Waals surface area contributed by atoms with Crippen molar-refractivity contribution in [1.29, 1.82) is 0 Å². The number of imidazole rings is 1. The first-order valence-corrected chi connectivity index (χ1v) is 23.9. The van der Waals surface area contributed by atoms with Gasteiger partial charge in [0, 0.05) is 37.1 Å². The summed E-state index contributed by atoms with van der Waals surface area (Å²) in [5, 5.41) is 26.4. The number of rotatable bonds is 27. The molecule has 0 aliphatic carbocycles. The summed E-state index contributed by atoms with van der Waals surface area (Å²) in [4.78, 5) is 96.3. The van der Waals surface area contributed by atoms with Crippen LogP contribution in [0.2, 0.25) is 0 Å². The standard InChI is InChI=1S/C31H54N7O17P3S/c1-4-5-6-7-8-9-10-11-22(40)59-15-14-33-21(39)12-13-34-29(43)26(42)31(2,3)17-52-58(49,50)55-57(47,48)51-16-20-25(54-56(44,45)46)24(41)30(53-20)38-19-37-23-27(32)35-18-36-28(23)38/h18-20,24-26,30,41-42H,4-17H2,1-3H3,(H,33,39)(H,34,43)(H,47,48)(H,49,50)(H2,32,35,36)(H2,44,45,46)/p-4/t20-,24-,25-,26+,30-/m1/s1. The number of nitrogen functional groups attached to an aromatic ring is 1. The molecule has 59 heavy (non-hydrogen) atoms. The average Bonchev–Trinajstić information content (AvgIpc) is 3.71. The van der Waals surface area contributed by atoms with Crippen molar-refractivity contribution >= 4 is 69.1 Å². The van der Waals surface area contributed by atoms with Crippen LogP contribution in [0.3, 0.4) is 0 Å². The van der Waals surface area contributed by atoms with E-state index in [2.05, 4.69) is 50.4 Å². The van der Waals surface area contributed by atoms with Gasteiger partial charge < -0.3 is 69.0 Å². The largest absolute Gasteiger partial charge is 0.790 e. The number of nitrogens with zero attached hydrogens (tertiary/aromatic N) is 4. The van der Waals surface area contributed by atoms with Crippen molar-refractivity contribution in [2.75, 3.05) is 37.8 Å². The Balaban J connectivity index is 1.42. The maximum absolute atomic E-state index is 12.6. The molecule has 2 aromatic rings. The lowest BCUT2D eigenvalue weighted by molar-refractivity contribution is -0.347. The summed E-state index contributed by atoms with van der Waals surface area (Å²) >= 11 is 1.13. The average molecular weight is 918 g/mol. The number of hydrogen-bond donors (Lipinski definition) is 5. The van der Waals surface area contributed by atoms with Crippen LogP contribution < -0.4 is 35.9 Å². The molecular weight excluding hydrogens is 867 g/mol. The van der Waals surface area contributed by atoms with Gasteiger partial charge in [-0.25, -0.2) is 19.3 Å². The van der Waals surface area contributed by atoms with Crippen molar-refractivity contribution in [3.05, 3.63) is 12.7 Å². The number of fused-ring (bicyclic) bond motifs is 1. The van der Waals surface area contributed by atoms with Gasteiger partial charge in [-0.05, 0) is 6.42 Å². The molecule has 1 fully saturated rings. The molecule has 0 aromatic carbocycles. The number of carbonyl (C=O) groups excluding carboxylic acids is 3. The van der Waals surface area contributed by atoms with Crippen LogP contribution in [0.4, 0.5) is 5.82 Å². The second-order valence-corrected chi connectivity index (χ2v) is 19.3. The summed E-state index contributed by atoms with van der Waals surface area (Å²) in [6.45, 7) is 2.32. The van der Waals surface area contributed by atoms with E-state index in [0.717, 1.165) is 48.2 Å². The van der Waals surface area contributed by atoms with Gasteiger partial charge in [-0.2, -0.15) is 0 Å². The molecule has 0 radical (unpaired) electrons. The molecule has 336 valence electrons. The first-order chi connectivity index (χ1) is 27.6. The van der Waals surface area contributed by atoms with Crippen LogP contribution in [0.5, 0.6) is 0 Å². The Morgan fingerprint density at radius 3 is 2.32 bits per heavy atom. The predicted octanol–water partition coefficient (Wildman–Crippen LogP) is -0.723. The van der Waals surface area contributed by atoms with Gasteiger partial charge in [0.1, 0.15) is 36.3 Å². The van der Waals surface area contributed by atoms with Crippen molar-refractivity contribution in [2.24, 2.45) is 5.41 Å². The lowest BCUT2D eigenvalue weighted by Gasteiger charge is -2.36. The highest BCUT2D eigenvalue weighted by Crippen LogP contribution is 2.56. The molecule has 0 spiro atoms. The number of hydrogen-bond acceptors (Lipinski definition) is 22. The Kier molecular flexibility index (Phi) is 20.0. The monoisotopic (exact) mass is 917 g/mol. The number of phosphoric ester groups is 3. The van der Waals surface area contributed by atoms with Gasteiger partial charge in [-0.3, -0.25) is 28.1 Å². The second-order valence-electron chi connectivity index (χ2n) is 14.1. The number of phosphoric acid groups is 3. The third-order valence-electron chi connectivity index (χ3n) is 8.72. The van der Waals surface area contributed by atoms with E-state index < -0.39 is 84.6 Å². The Morgan fingerprint density at radius 1 is 0.983 bits per heavy atom. The minimum Gasteiger partial charge on any atom is -0.790 e. The number of nitrogens with one attached hydrogen (secondary N) is 2. The Bertz CT molecular complexity index is 1850.